The predicted molar refractivity (Wildman–Crippen MR) is 130 cm³/mol. The lowest BCUT2D eigenvalue weighted by molar-refractivity contribution is -0.178. The zero-order valence-electron chi connectivity index (χ0n) is 21.0. The molecule has 1 aliphatic rings. The van der Waals surface area contributed by atoms with E-state index in [0.717, 1.165) is 37.3 Å². The average molecular weight is 490 g/mol. The van der Waals surface area contributed by atoms with Gasteiger partial charge < -0.3 is 10.1 Å². The Morgan fingerprint density at radius 2 is 1.66 bits per heavy atom. The number of nitrogens with one attached hydrogen (secondary N) is 1. The van der Waals surface area contributed by atoms with Crippen molar-refractivity contribution >= 4 is 17.6 Å². The predicted octanol–water partition coefficient (Wildman–Crippen LogP) is 6.83. The Bertz CT molecular complexity index is 1050. The molecule has 1 N–H and O–H groups in total. The number of benzene rings is 2. The molecule has 7 heteroatoms. The number of anilines is 1. The summed E-state index contributed by atoms with van der Waals surface area (Å²) in [6, 6.07) is 13.6. The van der Waals surface area contributed by atoms with Gasteiger partial charge in [0.25, 0.3) is 0 Å². The lowest BCUT2D eigenvalue weighted by atomic mass is 9.85. The second-order valence-corrected chi connectivity index (χ2v) is 10.6. The van der Waals surface area contributed by atoms with E-state index in [0.29, 0.717) is 17.7 Å². The summed E-state index contributed by atoms with van der Waals surface area (Å²) in [7, 11) is 0. The van der Waals surface area contributed by atoms with Crippen molar-refractivity contribution in [2.24, 2.45) is 11.3 Å². The third-order valence-electron chi connectivity index (χ3n) is 6.47. The SMILES string of the molecule is CCc1ccc(C(C(=O)Nc2cccc(CC3(C(=O)OC(C)(C)C)CC3)c2)C(C)C(F)(F)F)cc1. The van der Waals surface area contributed by atoms with Crippen LogP contribution in [0.1, 0.15) is 70.1 Å². The fourth-order valence-electron chi connectivity index (χ4n) is 4.18. The van der Waals surface area contributed by atoms with E-state index in [1.807, 2.05) is 33.8 Å². The lowest BCUT2D eigenvalue weighted by Gasteiger charge is -2.26. The van der Waals surface area contributed by atoms with Crippen LogP contribution >= 0.6 is 0 Å². The van der Waals surface area contributed by atoms with Gasteiger partial charge in [0.05, 0.1) is 17.3 Å². The van der Waals surface area contributed by atoms with Gasteiger partial charge in [-0.2, -0.15) is 13.2 Å². The molecular formula is C28H34F3NO3. The molecule has 0 radical (unpaired) electrons. The van der Waals surface area contributed by atoms with Gasteiger partial charge in [0.1, 0.15) is 5.60 Å². The van der Waals surface area contributed by atoms with E-state index < -0.39 is 34.9 Å². The summed E-state index contributed by atoms with van der Waals surface area (Å²) in [5.74, 6) is -4.21. The summed E-state index contributed by atoms with van der Waals surface area (Å²) in [5, 5.41) is 2.68. The molecule has 0 aromatic heterocycles. The van der Waals surface area contributed by atoms with Crippen LogP contribution in [0.4, 0.5) is 18.9 Å². The van der Waals surface area contributed by atoms with Crippen molar-refractivity contribution < 1.29 is 27.5 Å². The first-order chi connectivity index (χ1) is 16.2. The van der Waals surface area contributed by atoms with Gasteiger partial charge >= 0.3 is 12.1 Å². The third kappa shape index (κ3) is 6.86. The Morgan fingerprint density at radius 1 is 1.03 bits per heavy atom. The minimum absolute atomic E-state index is 0.242. The number of hydrogen-bond acceptors (Lipinski definition) is 3. The molecule has 1 fully saturated rings. The second kappa shape index (κ2) is 10.0. The summed E-state index contributed by atoms with van der Waals surface area (Å²) in [5.41, 5.74) is 1.37. The highest BCUT2D eigenvalue weighted by atomic mass is 19.4. The topological polar surface area (TPSA) is 55.4 Å². The number of aryl methyl sites for hydroxylation is 1. The lowest BCUT2D eigenvalue weighted by Crippen LogP contribution is -2.34. The van der Waals surface area contributed by atoms with Crippen LogP contribution in [0.5, 0.6) is 0 Å². The van der Waals surface area contributed by atoms with Crippen LogP contribution in [0.2, 0.25) is 0 Å². The molecule has 2 aromatic carbocycles. The van der Waals surface area contributed by atoms with Crippen LogP contribution in [0, 0.1) is 11.3 Å². The quantitative estimate of drug-likeness (QED) is 0.413. The molecule has 2 aromatic rings. The Kier molecular flexibility index (Phi) is 7.68. The first-order valence-corrected chi connectivity index (χ1v) is 12.0. The van der Waals surface area contributed by atoms with Crippen LogP contribution < -0.4 is 5.32 Å². The van der Waals surface area contributed by atoms with Gasteiger partial charge in [0, 0.05) is 5.69 Å². The standard InChI is InChI=1S/C28H34F3NO3/c1-6-19-10-12-21(13-11-19)23(18(2)28(29,30)31)24(33)32-22-9-7-8-20(16-22)17-27(14-15-27)25(34)35-26(3,4)5/h7-13,16,18,23H,6,14-15,17H2,1-5H3,(H,32,33). The first kappa shape index (κ1) is 26.8. The first-order valence-electron chi connectivity index (χ1n) is 12.0. The summed E-state index contributed by atoms with van der Waals surface area (Å²) >= 11 is 0. The number of carbonyl (C=O) groups is 2. The highest BCUT2D eigenvalue weighted by Gasteiger charge is 2.52. The summed E-state index contributed by atoms with van der Waals surface area (Å²) in [6.45, 7) is 8.47. The van der Waals surface area contributed by atoms with E-state index in [4.69, 9.17) is 4.74 Å². The molecule has 0 bridgehead atoms. The van der Waals surface area contributed by atoms with E-state index >= 15 is 0 Å². The molecule has 4 nitrogen and oxygen atoms in total. The highest BCUT2D eigenvalue weighted by Crippen LogP contribution is 2.50. The van der Waals surface area contributed by atoms with Gasteiger partial charge in [-0.05, 0) is 75.3 Å². The highest BCUT2D eigenvalue weighted by molar-refractivity contribution is 5.96. The van der Waals surface area contributed by atoms with Crippen molar-refractivity contribution in [3.8, 4) is 0 Å². The van der Waals surface area contributed by atoms with Crippen LogP contribution in [0.3, 0.4) is 0 Å². The molecule has 0 spiro atoms. The maximum Gasteiger partial charge on any atom is 0.392 e. The Morgan fingerprint density at radius 3 is 2.17 bits per heavy atom. The zero-order chi connectivity index (χ0) is 26.0. The molecule has 3 rings (SSSR count). The van der Waals surface area contributed by atoms with Crippen molar-refractivity contribution in [3.63, 3.8) is 0 Å². The molecule has 0 saturated heterocycles. The molecule has 35 heavy (non-hydrogen) atoms. The van der Waals surface area contributed by atoms with E-state index in [1.54, 1.807) is 42.5 Å². The Balaban J connectivity index is 1.79. The van der Waals surface area contributed by atoms with Gasteiger partial charge in [0.2, 0.25) is 5.91 Å². The molecule has 1 amide bonds. The largest absolute Gasteiger partial charge is 0.460 e. The minimum Gasteiger partial charge on any atom is -0.460 e. The molecule has 1 aliphatic carbocycles. The van der Waals surface area contributed by atoms with Crippen LogP contribution in [-0.4, -0.2) is 23.7 Å². The maximum absolute atomic E-state index is 13.7. The van der Waals surface area contributed by atoms with Gasteiger partial charge in [-0.15, -0.1) is 0 Å². The number of amides is 1. The molecule has 2 unspecified atom stereocenters. The Labute approximate surface area is 205 Å². The van der Waals surface area contributed by atoms with E-state index in [-0.39, 0.29) is 5.97 Å². The van der Waals surface area contributed by atoms with Crippen LogP contribution in [0.15, 0.2) is 48.5 Å². The maximum atomic E-state index is 13.7. The average Bonchev–Trinajstić information content (AvgIpc) is 3.53. The summed E-state index contributed by atoms with van der Waals surface area (Å²) in [4.78, 5) is 25.8. The van der Waals surface area contributed by atoms with E-state index in [2.05, 4.69) is 5.32 Å². The fourth-order valence-corrected chi connectivity index (χ4v) is 4.18. The summed E-state index contributed by atoms with van der Waals surface area (Å²) in [6.07, 6.45) is -1.88. The number of hydrogen-bond donors (Lipinski definition) is 1. The number of halogens is 3. The third-order valence-corrected chi connectivity index (χ3v) is 6.47. The van der Waals surface area contributed by atoms with Gasteiger partial charge in [-0.1, -0.05) is 50.2 Å². The number of alkyl halides is 3. The molecule has 1 saturated carbocycles. The second-order valence-electron chi connectivity index (χ2n) is 10.6. The van der Waals surface area contributed by atoms with Crippen LogP contribution in [-0.2, 0) is 27.2 Å². The van der Waals surface area contributed by atoms with Crippen LogP contribution in [0.25, 0.3) is 0 Å². The number of ether oxygens (including phenoxy) is 1. The van der Waals surface area contributed by atoms with E-state index in [9.17, 15) is 22.8 Å². The van der Waals surface area contributed by atoms with Crippen molar-refractivity contribution in [2.45, 2.75) is 78.0 Å². The monoisotopic (exact) mass is 489 g/mol. The van der Waals surface area contributed by atoms with Gasteiger partial charge in [0.15, 0.2) is 0 Å². The number of esters is 1. The molecular weight excluding hydrogens is 455 g/mol. The van der Waals surface area contributed by atoms with E-state index in [1.165, 1.54) is 0 Å². The summed E-state index contributed by atoms with van der Waals surface area (Å²) < 4.78 is 46.5. The number of rotatable bonds is 8. The van der Waals surface area contributed by atoms with Crippen molar-refractivity contribution in [2.75, 3.05) is 5.32 Å². The Hall–Kier alpha value is -2.83. The number of carbonyl (C=O) groups excluding carboxylic acids is 2. The van der Waals surface area contributed by atoms with Crippen molar-refractivity contribution in [1.82, 2.24) is 0 Å². The van der Waals surface area contributed by atoms with Gasteiger partial charge in [-0.25, -0.2) is 0 Å². The zero-order valence-corrected chi connectivity index (χ0v) is 21.0. The molecule has 0 aliphatic heterocycles. The normalized spacial score (nSPS) is 16.8. The molecule has 190 valence electrons. The molecule has 0 heterocycles. The minimum atomic E-state index is -4.53. The van der Waals surface area contributed by atoms with Crippen molar-refractivity contribution in [3.05, 3.63) is 65.2 Å². The smallest absolute Gasteiger partial charge is 0.392 e. The van der Waals surface area contributed by atoms with Gasteiger partial charge in [-0.3, -0.25) is 9.59 Å². The fraction of sp³-hybridized carbons (Fsp3) is 0.500. The molecule has 2 atom stereocenters. The van der Waals surface area contributed by atoms with Crippen molar-refractivity contribution in [1.29, 1.82) is 0 Å².